The number of hydrogen-bond donors (Lipinski definition) is 1. The first kappa shape index (κ1) is 30.3. The Morgan fingerprint density at radius 1 is 0.977 bits per heavy atom. The van der Waals surface area contributed by atoms with Crippen molar-refractivity contribution in [3.63, 3.8) is 0 Å². The smallest absolute Gasteiger partial charge is 0.410 e. The summed E-state index contributed by atoms with van der Waals surface area (Å²) < 4.78 is 28.2. The molecule has 0 aromatic heterocycles. The SMILES string of the molecule is COCCCN1C(=O)COc2ccc(CO[C@H]3CN(C(=O)OCc4ccccc4)C[C@@H](O)[C@@H]3c3ccc(OC)cc3)cc21. The predicted octanol–water partition coefficient (Wildman–Crippen LogP) is 4.14. The van der Waals surface area contributed by atoms with Crippen molar-refractivity contribution >= 4 is 17.7 Å². The van der Waals surface area contributed by atoms with E-state index in [1.54, 1.807) is 19.1 Å². The molecule has 228 valence electrons. The number of anilines is 1. The maximum Gasteiger partial charge on any atom is 0.410 e. The summed E-state index contributed by atoms with van der Waals surface area (Å²) in [7, 11) is 3.24. The first-order chi connectivity index (χ1) is 21.0. The molecule has 5 rings (SSSR count). The second-order valence-corrected chi connectivity index (χ2v) is 10.6. The average molecular weight is 591 g/mol. The maximum atomic E-state index is 13.1. The zero-order valence-corrected chi connectivity index (χ0v) is 24.5. The van der Waals surface area contributed by atoms with Crippen LogP contribution in [0.4, 0.5) is 10.5 Å². The van der Waals surface area contributed by atoms with Gasteiger partial charge in [0.25, 0.3) is 5.91 Å². The summed E-state index contributed by atoms with van der Waals surface area (Å²) in [4.78, 5) is 28.9. The van der Waals surface area contributed by atoms with E-state index in [0.29, 0.717) is 36.8 Å². The zero-order valence-electron chi connectivity index (χ0n) is 24.5. The Kier molecular flexibility index (Phi) is 10.1. The monoisotopic (exact) mass is 590 g/mol. The molecule has 10 nitrogen and oxygen atoms in total. The number of aliphatic hydroxyl groups excluding tert-OH is 1. The van der Waals surface area contributed by atoms with E-state index in [1.807, 2.05) is 72.8 Å². The lowest BCUT2D eigenvalue weighted by Crippen LogP contribution is -2.53. The second-order valence-electron chi connectivity index (χ2n) is 10.6. The standard InChI is InChI=1S/C33H38N2O8/c1-39-16-6-15-35-27-17-24(9-14-29(27)42-22-31(35)37)21-41-30-19-34(33(38)43-20-23-7-4-3-5-8-23)18-28(36)32(30)25-10-12-26(40-2)13-11-25/h3-5,7-14,17,28,30,32,36H,6,15-16,18-22H2,1-2H3/t28-,30+,32+/m1/s1. The van der Waals surface area contributed by atoms with Gasteiger partial charge in [0.1, 0.15) is 18.1 Å². The number of rotatable bonds is 11. The van der Waals surface area contributed by atoms with Crippen molar-refractivity contribution < 1.29 is 38.4 Å². The molecule has 0 radical (unpaired) electrons. The molecule has 43 heavy (non-hydrogen) atoms. The highest BCUT2D eigenvalue weighted by molar-refractivity contribution is 5.97. The van der Waals surface area contributed by atoms with Crippen molar-refractivity contribution in [1.29, 1.82) is 0 Å². The van der Waals surface area contributed by atoms with Gasteiger partial charge in [0.15, 0.2) is 6.61 Å². The average Bonchev–Trinajstić information content (AvgIpc) is 3.04. The molecule has 0 saturated carbocycles. The van der Waals surface area contributed by atoms with Crippen LogP contribution >= 0.6 is 0 Å². The molecule has 10 heteroatoms. The molecule has 3 atom stereocenters. The normalized spacial score (nSPS) is 19.9. The zero-order chi connectivity index (χ0) is 30.2. The molecule has 0 aliphatic carbocycles. The molecule has 2 aliphatic heterocycles. The number of amides is 2. The Balaban J connectivity index is 1.33. The third-order valence-electron chi connectivity index (χ3n) is 7.75. The first-order valence-electron chi connectivity index (χ1n) is 14.4. The van der Waals surface area contributed by atoms with Crippen LogP contribution in [-0.2, 0) is 32.2 Å². The van der Waals surface area contributed by atoms with Gasteiger partial charge in [-0.1, -0.05) is 48.5 Å². The highest BCUT2D eigenvalue weighted by Gasteiger charge is 2.40. The molecule has 1 fully saturated rings. The van der Waals surface area contributed by atoms with E-state index in [0.717, 1.165) is 16.7 Å². The van der Waals surface area contributed by atoms with Gasteiger partial charge in [-0.3, -0.25) is 4.79 Å². The van der Waals surface area contributed by atoms with E-state index >= 15 is 0 Å². The number of aliphatic hydroxyl groups is 1. The van der Waals surface area contributed by atoms with Gasteiger partial charge >= 0.3 is 6.09 Å². The van der Waals surface area contributed by atoms with Gasteiger partial charge < -0.3 is 38.6 Å². The third kappa shape index (κ3) is 7.45. The number of nitrogens with zero attached hydrogens (tertiary/aromatic N) is 2. The number of piperidine rings is 1. The summed E-state index contributed by atoms with van der Waals surface area (Å²) in [5, 5.41) is 11.3. The number of fused-ring (bicyclic) bond motifs is 1. The fourth-order valence-electron chi connectivity index (χ4n) is 5.52. The fraction of sp³-hybridized carbons (Fsp3) is 0.394. The number of methoxy groups -OCH3 is 2. The van der Waals surface area contributed by atoms with Crippen molar-refractivity contribution in [2.24, 2.45) is 0 Å². The molecule has 3 aromatic rings. The van der Waals surface area contributed by atoms with Crippen LogP contribution in [0.5, 0.6) is 11.5 Å². The molecule has 1 N–H and O–H groups in total. The highest BCUT2D eigenvalue weighted by atomic mass is 16.6. The Morgan fingerprint density at radius 3 is 2.51 bits per heavy atom. The van der Waals surface area contributed by atoms with Crippen molar-refractivity contribution in [3.05, 3.63) is 89.5 Å². The molecule has 0 unspecified atom stereocenters. The van der Waals surface area contributed by atoms with Crippen LogP contribution in [0.25, 0.3) is 0 Å². The van der Waals surface area contributed by atoms with Crippen LogP contribution in [0.2, 0.25) is 0 Å². The number of hydrogen-bond acceptors (Lipinski definition) is 8. The van der Waals surface area contributed by atoms with Crippen molar-refractivity contribution in [3.8, 4) is 11.5 Å². The minimum atomic E-state index is -0.887. The third-order valence-corrected chi connectivity index (χ3v) is 7.75. The van der Waals surface area contributed by atoms with Gasteiger partial charge in [-0.15, -0.1) is 0 Å². The quantitative estimate of drug-likeness (QED) is 0.332. The van der Waals surface area contributed by atoms with E-state index in [1.165, 1.54) is 4.90 Å². The lowest BCUT2D eigenvalue weighted by Gasteiger charge is -2.41. The summed E-state index contributed by atoms with van der Waals surface area (Å²) in [5.41, 5.74) is 3.28. The Labute approximate surface area is 251 Å². The summed E-state index contributed by atoms with van der Waals surface area (Å²) in [5.74, 6) is 0.842. The molecule has 0 spiro atoms. The minimum Gasteiger partial charge on any atom is -0.497 e. The maximum absolute atomic E-state index is 13.1. The van der Waals surface area contributed by atoms with E-state index in [-0.39, 0.29) is 38.8 Å². The van der Waals surface area contributed by atoms with Gasteiger partial charge in [0.05, 0.1) is 44.7 Å². The Bertz CT molecular complexity index is 1370. The molecule has 0 bridgehead atoms. The van der Waals surface area contributed by atoms with E-state index in [9.17, 15) is 14.7 Å². The van der Waals surface area contributed by atoms with Crippen molar-refractivity contribution in [2.75, 3.05) is 52.0 Å². The van der Waals surface area contributed by atoms with E-state index in [4.69, 9.17) is 23.7 Å². The number of ether oxygens (including phenoxy) is 5. The summed E-state index contributed by atoms with van der Waals surface area (Å²) in [6.07, 6.45) is -1.24. The predicted molar refractivity (Wildman–Crippen MR) is 159 cm³/mol. The Hall–Kier alpha value is -4.12. The second kappa shape index (κ2) is 14.4. The van der Waals surface area contributed by atoms with Crippen LogP contribution in [0.15, 0.2) is 72.8 Å². The summed E-state index contributed by atoms with van der Waals surface area (Å²) >= 11 is 0. The van der Waals surface area contributed by atoms with Gasteiger partial charge in [0, 0.05) is 26.2 Å². The van der Waals surface area contributed by atoms with Crippen LogP contribution in [0, 0.1) is 0 Å². The van der Waals surface area contributed by atoms with Gasteiger partial charge in [-0.2, -0.15) is 0 Å². The highest BCUT2D eigenvalue weighted by Crippen LogP contribution is 2.35. The molecular formula is C33H38N2O8. The van der Waals surface area contributed by atoms with Gasteiger partial charge in [0.2, 0.25) is 0 Å². The number of benzene rings is 3. The van der Waals surface area contributed by atoms with Crippen molar-refractivity contribution in [2.45, 2.75) is 37.8 Å². The fourth-order valence-corrected chi connectivity index (χ4v) is 5.52. The summed E-state index contributed by atoms with van der Waals surface area (Å²) in [6, 6.07) is 22.6. The topological polar surface area (TPSA) is 107 Å². The number of β-amino-alcohol motifs (C(OH)–C–C–N with tert-alkyl or cyclic N) is 1. The van der Waals surface area contributed by atoms with Gasteiger partial charge in [-0.25, -0.2) is 4.79 Å². The van der Waals surface area contributed by atoms with Gasteiger partial charge in [-0.05, 0) is 47.4 Å². The van der Waals surface area contributed by atoms with E-state index in [2.05, 4.69) is 0 Å². The molecule has 1 saturated heterocycles. The summed E-state index contributed by atoms with van der Waals surface area (Å²) in [6.45, 7) is 1.73. The Morgan fingerprint density at radius 2 is 1.77 bits per heavy atom. The van der Waals surface area contributed by atoms with E-state index < -0.39 is 24.2 Å². The number of carbonyl (C=O) groups excluding carboxylic acids is 2. The van der Waals surface area contributed by atoms with Crippen LogP contribution in [0.3, 0.4) is 0 Å². The largest absolute Gasteiger partial charge is 0.497 e. The van der Waals surface area contributed by atoms with Crippen LogP contribution < -0.4 is 14.4 Å². The number of carbonyl (C=O) groups is 2. The molecule has 2 aliphatic rings. The molecule has 2 amide bonds. The molecular weight excluding hydrogens is 552 g/mol. The lowest BCUT2D eigenvalue weighted by molar-refractivity contribution is -0.121. The molecule has 2 heterocycles. The number of likely N-dealkylation sites (tertiary alicyclic amines) is 1. The minimum absolute atomic E-state index is 0.00443. The van der Waals surface area contributed by atoms with Crippen LogP contribution in [-0.4, -0.2) is 81.3 Å². The first-order valence-corrected chi connectivity index (χ1v) is 14.4. The van der Waals surface area contributed by atoms with Crippen LogP contribution in [0.1, 0.15) is 29.0 Å². The van der Waals surface area contributed by atoms with Crippen molar-refractivity contribution in [1.82, 2.24) is 4.90 Å². The molecule has 3 aromatic carbocycles. The lowest BCUT2D eigenvalue weighted by atomic mass is 9.84.